The molecule has 1 atom stereocenters. The van der Waals surface area contributed by atoms with Gasteiger partial charge in [0.05, 0.1) is 0 Å². The van der Waals surface area contributed by atoms with Gasteiger partial charge in [0.2, 0.25) is 0 Å². The van der Waals surface area contributed by atoms with Crippen LogP contribution in [0.15, 0.2) is 52.9 Å². The number of hydrogen-bond donors (Lipinski definition) is 0. The van der Waals surface area contributed by atoms with Crippen LogP contribution in [0.2, 0.25) is 0 Å². The summed E-state index contributed by atoms with van der Waals surface area (Å²) in [5.74, 6) is 0.525. The molecule has 3 rings (SSSR count). The van der Waals surface area contributed by atoms with E-state index in [4.69, 9.17) is 0 Å². The zero-order valence-electron chi connectivity index (χ0n) is 15.6. The molecule has 5 nitrogen and oxygen atoms in total. The van der Waals surface area contributed by atoms with E-state index in [9.17, 15) is 4.79 Å². The first-order chi connectivity index (χ1) is 12.5. The molecular formula is C21H24N4O. The zero-order chi connectivity index (χ0) is 18.7. The lowest BCUT2D eigenvalue weighted by atomic mass is 9.79. The van der Waals surface area contributed by atoms with Gasteiger partial charge in [-0.15, -0.1) is 0 Å². The van der Waals surface area contributed by atoms with E-state index < -0.39 is 0 Å². The molecule has 1 aliphatic rings. The van der Waals surface area contributed by atoms with E-state index in [-0.39, 0.29) is 11.9 Å². The first kappa shape index (κ1) is 18.0. The third kappa shape index (κ3) is 3.57. The molecule has 5 heteroatoms. The second kappa shape index (κ2) is 7.60. The highest BCUT2D eigenvalue weighted by Crippen LogP contribution is 2.38. The molecule has 134 valence electrons. The van der Waals surface area contributed by atoms with E-state index in [2.05, 4.69) is 53.8 Å². The van der Waals surface area contributed by atoms with Gasteiger partial charge >= 0.3 is 0 Å². The Balaban J connectivity index is 1.83. The Morgan fingerprint density at radius 2 is 1.96 bits per heavy atom. The fraction of sp³-hybridized carbons (Fsp3) is 0.333. The number of carbonyl (C=O) groups excluding carboxylic acids is 1. The normalized spacial score (nSPS) is 17.1. The third-order valence-corrected chi connectivity index (χ3v) is 5.01. The number of hydrogen-bond acceptors (Lipinski definition) is 4. The zero-order valence-corrected chi connectivity index (χ0v) is 15.6. The topological polar surface area (TPSA) is 58.5 Å². The fourth-order valence-corrected chi connectivity index (χ4v) is 3.71. The van der Waals surface area contributed by atoms with Gasteiger partial charge in [0.15, 0.2) is 0 Å². The number of aryl methyl sites for hydroxylation is 2. The monoisotopic (exact) mass is 348 g/mol. The Morgan fingerprint density at radius 1 is 1.23 bits per heavy atom. The maximum Gasteiger partial charge on any atom is 0.277 e. The van der Waals surface area contributed by atoms with Crippen molar-refractivity contribution in [3.8, 4) is 0 Å². The quantitative estimate of drug-likeness (QED) is 0.610. The standard InChI is InChI=1S/C21H24N4O/c1-14-6-8-18(15(2)12-14)17-7-9-19(16(3)13-17)20(26)25(22-4)21-23-10-5-11-24-21/h5-6,8,10-12,17H,4,7,9,13H2,1-3H3. The van der Waals surface area contributed by atoms with Gasteiger partial charge in [0.1, 0.15) is 0 Å². The number of benzene rings is 1. The molecule has 1 heterocycles. The third-order valence-electron chi connectivity index (χ3n) is 5.01. The minimum absolute atomic E-state index is 0.178. The van der Waals surface area contributed by atoms with Crippen molar-refractivity contribution in [3.05, 3.63) is 64.5 Å². The van der Waals surface area contributed by atoms with E-state index in [0.29, 0.717) is 5.92 Å². The van der Waals surface area contributed by atoms with Gasteiger partial charge in [-0.2, -0.15) is 10.1 Å². The lowest BCUT2D eigenvalue weighted by Gasteiger charge is -2.28. The van der Waals surface area contributed by atoms with E-state index in [0.717, 1.165) is 30.4 Å². The Morgan fingerprint density at radius 3 is 2.58 bits per heavy atom. The molecule has 2 aromatic rings. The molecule has 0 saturated heterocycles. The minimum atomic E-state index is -0.178. The highest BCUT2D eigenvalue weighted by Gasteiger charge is 2.28. The lowest BCUT2D eigenvalue weighted by molar-refractivity contribution is -0.115. The highest BCUT2D eigenvalue weighted by atomic mass is 16.2. The number of aromatic nitrogens is 2. The summed E-state index contributed by atoms with van der Waals surface area (Å²) >= 11 is 0. The summed E-state index contributed by atoms with van der Waals surface area (Å²) in [5, 5.41) is 5.03. The summed E-state index contributed by atoms with van der Waals surface area (Å²) < 4.78 is 0. The molecule has 0 fully saturated rings. The molecule has 0 saturated carbocycles. The molecule has 0 N–H and O–H groups in total. The molecular weight excluding hydrogens is 324 g/mol. The summed E-state index contributed by atoms with van der Waals surface area (Å²) in [7, 11) is 0. The summed E-state index contributed by atoms with van der Waals surface area (Å²) in [6.07, 6.45) is 5.73. The summed E-state index contributed by atoms with van der Waals surface area (Å²) in [4.78, 5) is 21.2. The van der Waals surface area contributed by atoms with Crippen LogP contribution in [0.1, 0.15) is 48.8 Å². The fourth-order valence-electron chi connectivity index (χ4n) is 3.71. The number of rotatable bonds is 4. The van der Waals surface area contributed by atoms with Gasteiger partial charge < -0.3 is 0 Å². The van der Waals surface area contributed by atoms with E-state index in [1.165, 1.54) is 21.7 Å². The highest BCUT2D eigenvalue weighted by molar-refractivity contribution is 6.05. The van der Waals surface area contributed by atoms with Crippen molar-refractivity contribution >= 4 is 18.6 Å². The van der Waals surface area contributed by atoms with Crippen molar-refractivity contribution in [1.29, 1.82) is 0 Å². The largest absolute Gasteiger partial charge is 0.277 e. The summed E-state index contributed by atoms with van der Waals surface area (Å²) in [5.41, 5.74) is 5.89. The summed E-state index contributed by atoms with van der Waals surface area (Å²) in [6, 6.07) is 8.32. The van der Waals surface area contributed by atoms with Crippen LogP contribution >= 0.6 is 0 Å². The van der Waals surface area contributed by atoms with Crippen molar-refractivity contribution in [3.63, 3.8) is 0 Å². The Labute approximate surface area is 154 Å². The molecule has 0 bridgehead atoms. The van der Waals surface area contributed by atoms with Gasteiger partial charge in [-0.25, -0.2) is 9.97 Å². The Hall–Kier alpha value is -2.82. The van der Waals surface area contributed by atoms with E-state index in [1.54, 1.807) is 18.5 Å². The molecule has 1 aliphatic carbocycles. The smallest absolute Gasteiger partial charge is 0.267 e. The number of hydrazone groups is 1. The second-order valence-corrected chi connectivity index (χ2v) is 6.87. The van der Waals surface area contributed by atoms with Crippen LogP contribution in [0.3, 0.4) is 0 Å². The van der Waals surface area contributed by atoms with Gasteiger partial charge in [-0.3, -0.25) is 4.79 Å². The molecule has 1 aromatic carbocycles. The van der Waals surface area contributed by atoms with Gasteiger partial charge in [-0.05, 0) is 63.1 Å². The molecule has 0 radical (unpaired) electrons. The molecule has 1 aromatic heterocycles. The van der Waals surface area contributed by atoms with Crippen LogP contribution in [-0.4, -0.2) is 22.6 Å². The molecule has 0 aliphatic heterocycles. The van der Waals surface area contributed by atoms with Crippen molar-refractivity contribution in [2.45, 2.75) is 46.0 Å². The van der Waals surface area contributed by atoms with Crippen molar-refractivity contribution < 1.29 is 4.79 Å². The van der Waals surface area contributed by atoms with Gasteiger partial charge in [-0.1, -0.05) is 29.3 Å². The van der Waals surface area contributed by atoms with Crippen LogP contribution in [0.25, 0.3) is 0 Å². The predicted octanol–water partition coefficient (Wildman–Crippen LogP) is 4.33. The lowest BCUT2D eigenvalue weighted by Crippen LogP contribution is -2.30. The van der Waals surface area contributed by atoms with E-state index in [1.807, 2.05) is 6.92 Å². The first-order valence-corrected chi connectivity index (χ1v) is 8.85. The Bertz CT molecular complexity index is 858. The van der Waals surface area contributed by atoms with Crippen LogP contribution in [0.4, 0.5) is 5.95 Å². The van der Waals surface area contributed by atoms with Crippen molar-refractivity contribution in [2.75, 3.05) is 5.01 Å². The van der Waals surface area contributed by atoms with Crippen LogP contribution in [0.5, 0.6) is 0 Å². The van der Waals surface area contributed by atoms with Crippen LogP contribution < -0.4 is 5.01 Å². The first-order valence-electron chi connectivity index (χ1n) is 8.85. The number of amides is 1. The van der Waals surface area contributed by atoms with Gasteiger partial charge in [0, 0.05) is 24.7 Å². The minimum Gasteiger partial charge on any atom is -0.267 e. The predicted molar refractivity (Wildman–Crippen MR) is 104 cm³/mol. The molecule has 1 amide bonds. The molecule has 1 unspecified atom stereocenters. The van der Waals surface area contributed by atoms with Crippen molar-refractivity contribution in [2.24, 2.45) is 5.10 Å². The number of anilines is 1. The molecule has 26 heavy (non-hydrogen) atoms. The average molecular weight is 348 g/mol. The molecule has 0 spiro atoms. The number of nitrogens with zero attached hydrogens (tertiary/aromatic N) is 4. The summed E-state index contributed by atoms with van der Waals surface area (Å²) in [6.45, 7) is 9.83. The van der Waals surface area contributed by atoms with E-state index >= 15 is 0 Å². The average Bonchev–Trinajstić information content (AvgIpc) is 2.63. The number of carbonyl (C=O) groups is 1. The Kier molecular flexibility index (Phi) is 5.26. The maximum atomic E-state index is 12.9. The van der Waals surface area contributed by atoms with Gasteiger partial charge in [0.25, 0.3) is 11.9 Å². The second-order valence-electron chi connectivity index (χ2n) is 6.87. The number of allylic oxidation sites excluding steroid dienone is 1. The SMILES string of the molecule is C=NN(C(=O)C1=C(C)CC(c2ccc(C)cc2C)CC1)c1ncccn1. The van der Waals surface area contributed by atoms with Crippen LogP contribution in [-0.2, 0) is 4.79 Å². The van der Waals surface area contributed by atoms with Crippen molar-refractivity contribution in [1.82, 2.24) is 9.97 Å². The van der Waals surface area contributed by atoms with Crippen LogP contribution in [0, 0.1) is 13.8 Å². The maximum absolute atomic E-state index is 12.9.